The minimum Gasteiger partial charge on any atom is -0.389 e. The number of hydrogen-bond donors (Lipinski definition) is 1. The van der Waals surface area contributed by atoms with E-state index in [-0.39, 0.29) is 0 Å². The summed E-state index contributed by atoms with van der Waals surface area (Å²) < 4.78 is 0. The van der Waals surface area contributed by atoms with Crippen LogP contribution < -0.4 is 5.32 Å². The third-order valence-electron chi connectivity index (χ3n) is 1.90. The molecule has 0 amide bonds. The molecule has 0 aromatic heterocycles. The van der Waals surface area contributed by atoms with Crippen molar-refractivity contribution in [3.8, 4) is 0 Å². The van der Waals surface area contributed by atoms with Crippen LogP contribution in [-0.2, 0) is 0 Å². The van der Waals surface area contributed by atoms with Crippen LogP contribution in [0.3, 0.4) is 0 Å². The highest BCUT2D eigenvalue weighted by Gasteiger charge is 1.94. The third-order valence-corrected chi connectivity index (χ3v) is 1.90. The van der Waals surface area contributed by atoms with Crippen molar-refractivity contribution in [1.82, 2.24) is 5.32 Å². The van der Waals surface area contributed by atoms with Gasteiger partial charge in [-0.2, -0.15) is 0 Å². The van der Waals surface area contributed by atoms with E-state index in [1.165, 1.54) is 5.70 Å². The number of rotatable bonds is 5. The summed E-state index contributed by atoms with van der Waals surface area (Å²) in [6, 6.07) is 0.436. The summed E-state index contributed by atoms with van der Waals surface area (Å²) in [5.41, 5.74) is 2.29. The molecule has 0 aromatic carbocycles. The Morgan fingerprint density at radius 2 is 2.00 bits per heavy atom. The van der Waals surface area contributed by atoms with E-state index < -0.39 is 0 Å². The Labute approximate surface area is 82.1 Å². The summed E-state index contributed by atoms with van der Waals surface area (Å²) in [6.45, 7) is 11.5. The zero-order chi connectivity index (χ0) is 10.3. The predicted octanol–water partition coefficient (Wildman–Crippen LogP) is 2.76. The number of hydrogen-bond acceptors (Lipinski definition) is 2. The SMILES string of the molecule is CCN/C(C)=C\C(C)=N\C(C)CC. The minimum absolute atomic E-state index is 0.436. The highest BCUT2D eigenvalue weighted by Crippen LogP contribution is 1.97. The molecule has 0 aliphatic carbocycles. The lowest BCUT2D eigenvalue weighted by Gasteiger charge is -2.05. The van der Waals surface area contributed by atoms with Crippen LogP contribution in [0.15, 0.2) is 16.8 Å². The predicted molar refractivity (Wildman–Crippen MR) is 60.3 cm³/mol. The molecular weight excluding hydrogens is 160 g/mol. The molecule has 13 heavy (non-hydrogen) atoms. The molecule has 1 atom stereocenters. The average Bonchev–Trinajstić information content (AvgIpc) is 2.04. The summed E-state index contributed by atoms with van der Waals surface area (Å²) in [4.78, 5) is 4.52. The maximum Gasteiger partial charge on any atom is 0.0472 e. The number of nitrogens with zero attached hydrogens (tertiary/aromatic N) is 1. The third kappa shape index (κ3) is 6.38. The van der Waals surface area contributed by atoms with E-state index in [2.05, 4.69) is 44.1 Å². The molecule has 0 heterocycles. The van der Waals surface area contributed by atoms with Crippen LogP contribution in [0, 0.1) is 0 Å². The second-order valence-electron chi connectivity index (χ2n) is 3.39. The first-order valence-corrected chi connectivity index (χ1v) is 5.06. The smallest absolute Gasteiger partial charge is 0.0472 e. The fraction of sp³-hybridized carbons (Fsp3) is 0.727. The van der Waals surface area contributed by atoms with Crippen molar-refractivity contribution in [2.24, 2.45) is 4.99 Å². The largest absolute Gasteiger partial charge is 0.389 e. The zero-order valence-electron chi connectivity index (χ0n) is 9.52. The fourth-order valence-electron chi connectivity index (χ4n) is 1.12. The van der Waals surface area contributed by atoms with E-state index in [1.54, 1.807) is 0 Å². The van der Waals surface area contributed by atoms with Gasteiger partial charge >= 0.3 is 0 Å². The van der Waals surface area contributed by atoms with Gasteiger partial charge in [0.05, 0.1) is 0 Å². The molecule has 1 unspecified atom stereocenters. The highest BCUT2D eigenvalue weighted by molar-refractivity contribution is 5.93. The van der Waals surface area contributed by atoms with Crippen LogP contribution >= 0.6 is 0 Å². The molecule has 0 rings (SSSR count). The standard InChI is InChI=1S/C11H22N2/c1-6-9(3)13-11(5)8-10(4)12-7-2/h8-9,12H,6-7H2,1-5H3/b10-8-,13-11+. The van der Waals surface area contributed by atoms with Crippen molar-refractivity contribution in [2.45, 2.75) is 47.1 Å². The Morgan fingerprint density at radius 1 is 1.38 bits per heavy atom. The van der Waals surface area contributed by atoms with Gasteiger partial charge in [-0.3, -0.25) is 4.99 Å². The second-order valence-corrected chi connectivity index (χ2v) is 3.39. The monoisotopic (exact) mass is 182 g/mol. The highest BCUT2D eigenvalue weighted by atomic mass is 14.9. The van der Waals surface area contributed by atoms with Gasteiger partial charge in [0.1, 0.15) is 0 Å². The molecule has 2 heteroatoms. The van der Waals surface area contributed by atoms with E-state index in [9.17, 15) is 0 Å². The molecule has 76 valence electrons. The van der Waals surface area contributed by atoms with Gasteiger partial charge in [-0.1, -0.05) is 6.92 Å². The first-order valence-electron chi connectivity index (χ1n) is 5.06. The number of aliphatic imine (C=N–C) groups is 1. The topological polar surface area (TPSA) is 24.4 Å². The van der Waals surface area contributed by atoms with Crippen molar-refractivity contribution in [3.05, 3.63) is 11.8 Å². The van der Waals surface area contributed by atoms with Gasteiger partial charge in [-0.05, 0) is 40.2 Å². The minimum atomic E-state index is 0.436. The molecule has 0 aromatic rings. The Bertz CT molecular complexity index is 192. The maximum absolute atomic E-state index is 4.52. The van der Waals surface area contributed by atoms with Crippen LogP contribution in [0.5, 0.6) is 0 Å². The Balaban J connectivity index is 4.17. The summed E-state index contributed by atoms with van der Waals surface area (Å²) in [5, 5.41) is 3.25. The van der Waals surface area contributed by atoms with Gasteiger partial charge in [-0.15, -0.1) is 0 Å². The normalized spacial score (nSPS) is 15.8. The number of nitrogens with one attached hydrogen (secondary N) is 1. The lowest BCUT2D eigenvalue weighted by atomic mass is 10.2. The summed E-state index contributed by atoms with van der Waals surface area (Å²) in [7, 11) is 0. The summed E-state index contributed by atoms with van der Waals surface area (Å²) in [6.07, 6.45) is 3.20. The fourth-order valence-corrected chi connectivity index (χ4v) is 1.12. The van der Waals surface area contributed by atoms with Gasteiger partial charge in [0.25, 0.3) is 0 Å². The molecule has 0 bridgehead atoms. The zero-order valence-corrected chi connectivity index (χ0v) is 9.52. The lowest BCUT2D eigenvalue weighted by molar-refractivity contribution is 0.717. The van der Waals surface area contributed by atoms with E-state index in [1.807, 2.05) is 6.92 Å². The van der Waals surface area contributed by atoms with Crippen LogP contribution in [-0.4, -0.2) is 18.3 Å². The Hall–Kier alpha value is -0.790. The quantitative estimate of drug-likeness (QED) is 0.650. The molecule has 1 N–H and O–H groups in total. The molecule has 0 fully saturated rings. The van der Waals surface area contributed by atoms with Gasteiger partial charge in [0, 0.05) is 24.0 Å². The first kappa shape index (κ1) is 12.2. The molecule has 0 radical (unpaired) electrons. The van der Waals surface area contributed by atoms with Crippen LogP contribution in [0.1, 0.15) is 41.0 Å². The second kappa shape index (κ2) is 6.70. The van der Waals surface area contributed by atoms with Gasteiger partial charge in [0.2, 0.25) is 0 Å². The summed E-state index contributed by atoms with van der Waals surface area (Å²) >= 11 is 0. The molecule has 0 aliphatic rings. The van der Waals surface area contributed by atoms with Gasteiger partial charge < -0.3 is 5.32 Å². The van der Waals surface area contributed by atoms with Crippen LogP contribution in [0.2, 0.25) is 0 Å². The van der Waals surface area contributed by atoms with Crippen LogP contribution in [0.4, 0.5) is 0 Å². The molecule has 0 saturated heterocycles. The number of allylic oxidation sites excluding steroid dienone is 2. The molecule has 0 saturated carbocycles. The summed E-state index contributed by atoms with van der Waals surface area (Å²) in [5.74, 6) is 0. The molecular formula is C11H22N2. The van der Waals surface area contributed by atoms with E-state index in [0.29, 0.717) is 6.04 Å². The maximum atomic E-state index is 4.52. The van der Waals surface area contributed by atoms with Crippen LogP contribution in [0.25, 0.3) is 0 Å². The first-order chi connectivity index (χ1) is 6.10. The molecule has 2 nitrogen and oxygen atoms in total. The molecule has 0 spiro atoms. The average molecular weight is 182 g/mol. The van der Waals surface area contributed by atoms with Crippen molar-refractivity contribution in [3.63, 3.8) is 0 Å². The van der Waals surface area contributed by atoms with Crippen molar-refractivity contribution in [2.75, 3.05) is 6.54 Å². The van der Waals surface area contributed by atoms with E-state index in [4.69, 9.17) is 0 Å². The van der Waals surface area contributed by atoms with Crippen molar-refractivity contribution >= 4 is 5.71 Å². The van der Waals surface area contributed by atoms with Gasteiger partial charge in [-0.25, -0.2) is 0 Å². The van der Waals surface area contributed by atoms with Crippen molar-refractivity contribution in [1.29, 1.82) is 0 Å². The van der Waals surface area contributed by atoms with E-state index >= 15 is 0 Å². The lowest BCUT2D eigenvalue weighted by Crippen LogP contribution is -2.11. The Kier molecular flexibility index (Phi) is 6.29. The van der Waals surface area contributed by atoms with E-state index in [0.717, 1.165) is 18.7 Å². The molecule has 0 aliphatic heterocycles. The van der Waals surface area contributed by atoms with Crippen molar-refractivity contribution < 1.29 is 0 Å². The van der Waals surface area contributed by atoms with Gasteiger partial charge in [0.15, 0.2) is 0 Å². The Morgan fingerprint density at radius 3 is 2.46 bits per heavy atom.